The van der Waals surface area contributed by atoms with E-state index < -0.39 is 5.97 Å². The van der Waals surface area contributed by atoms with E-state index in [4.69, 9.17) is 5.11 Å². The van der Waals surface area contributed by atoms with Crippen LogP contribution in [0.3, 0.4) is 0 Å². The van der Waals surface area contributed by atoms with E-state index >= 15 is 0 Å². The van der Waals surface area contributed by atoms with Crippen molar-refractivity contribution in [1.29, 1.82) is 0 Å². The van der Waals surface area contributed by atoms with Gasteiger partial charge in [-0.25, -0.2) is 0 Å². The minimum Gasteiger partial charge on any atom is -0.481 e. The number of unbranched alkanes of at least 4 members (excludes halogenated alkanes) is 6. The molecule has 3 nitrogen and oxygen atoms in total. The van der Waals surface area contributed by atoms with Crippen LogP contribution in [0.1, 0.15) is 90.4 Å². The number of Topliss-reactive ketones (excluding diaryl/α,β-unsaturated/α-hetero) is 1. The van der Waals surface area contributed by atoms with E-state index in [-0.39, 0.29) is 0 Å². The fraction of sp³-hybridized carbons (Fsp3) is 0.889. The average molecular weight is 296 g/mol. The number of ketones is 1. The van der Waals surface area contributed by atoms with Gasteiger partial charge in [-0.05, 0) is 31.6 Å². The molecule has 0 amide bonds. The van der Waals surface area contributed by atoms with Crippen LogP contribution in [0.2, 0.25) is 0 Å². The summed E-state index contributed by atoms with van der Waals surface area (Å²) in [4.78, 5) is 22.4. The standard InChI is InChI=1S/C18H32O3/c1-2-3-7-11-16-15(13-14-17(16)19)10-8-5-4-6-9-12-18(20)21/h15-16H,2-14H2,1H3,(H,20,21)/t15-,16+/m0/s1. The maximum Gasteiger partial charge on any atom is 0.303 e. The van der Waals surface area contributed by atoms with Gasteiger partial charge >= 0.3 is 5.97 Å². The van der Waals surface area contributed by atoms with Crippen molar-refractivity contribution < 1.29 is 14.7 Å². The predicted molar refractivity (Wildman–Crippen MR) is 85.3 cm³/mol. The number of carbonyl (C=O) groups is 2. The van der Waals surface area contributed by atoms with Gasteiger partial charge in [0.25, 0.3) is 0 Å². The van der Waals surface area contributed by atoms with Gasteiger partial charge in [-0.3, -0.25) is 9.59 Å². The molecular weight excluding hydrogens is 264 g/mol. The summed E-state index contributed by atoms with van der Waals surface area (Å²) in [6, 6.07) is 0. The van der Waals surface area contributed by atoms with Crippen LogP contribution in [-0.2, 0) is 9.59 Å². The van der Waals surface area contributed by atoms with Crippen molar-refractivity contribution in [1.82, 2.24) is 0 Å². The minimum atomic E-state index is -0.686. The fourth-order valence-corrected chi connectivity index (χ4v) is 3.55. The Hall–Kier alpha value is -0.860. The number of hydrogen-bond donors (Lipinski definition) is 1. The van der Waals surface area contributed by atoms with Crippen molar-refractivity contribution in [3.63, 3.8) is 0 Å². The largest absolute Gasteiger partial charge is 0.481 e. The van der Waals surface area contributed by atoms with Crippen molar-refractivity contribution in [2.45, 2.75) is 90.4 Å². The molecule has 1 fully saturated rings. The third-order valence-corrected chi connectivity index (χ3v) is 4.83. The third-order valence-electron chi connectivity index (χ3n) is 4.83. The molecule has 0 bridgehead atoms. The van der Waals surface area contributed by atoms with Crippen molar-refractivity contribution in [2.75, 3.05) is 0 Å². The summed E-state index contributed by atoms with van der Waals surface area (Å²) in [6.07, 6.45) is 13.5. The quantitative estimate of drug-likeness (QED) is 0.517. The van der Waals surface area contributed by atoms with Crippen LogP contribution in [0.4, 0.5) is 0 Å². The zero-order valence-electron chi connectivity index (χ0n) is 13.6. The normalized spacial score (nSPS) is 21.9. The van der Waals surface area contributed by atoms with Gasteiger partial charge in [-0.2, -0.15) is 0 Å². The predicted octanol–water partition coefficient (Wildman–Crippen LogP) is 4.98. The van der Waals surface area contributed by atoms with Gasteiger partial charge in [-0.1, -0.05) is 51.9 Å². The molecule has 0 aromatic rings. The van der Waals surface area contributed by atoms with E-state index in [1.54, 1.807) is 0 Å². The summed E-state index contributed by atoms with van der Waals surface area (Å²) < 4.78 is 0. The van der Waals surface area contributed by atoms with E-state index in [1.165, 1.54) is 38.5 Å². The SMILES string of the molecule is CCCCC[C@H]1C(=O)CC[C@@H]1CCCCCCCC(=O)O. The molecule has 0 heterocycles. The summed E-state index contributed by atoms with van der Waals surface area (Å²) in [6.45, 7) is 2.21. The van der Waals surface area contributed by atoms with E-state index in [2.05, 4.69) is 6.92 Å². The Morgan fingerprint density at radius 2 is 1.71 bits per heavy atom. The van der Waals surface area contributed by atoms with Gasteiger partial charge in [0.2, 0.25) is 0 Å². The molecule has 0 saturated heterocycles. The molecule has 1 N–H and O–H groups in total. The summed E-state index contributed by atoms with van der Waals surface area (Å²) in [7, 11) is 0. The second-order valence-electron chi connectivity index (χ2n) is 6.57. The van der Waals surface area contributed by atoms with Gasteiger partial charge in [0, 0.05) is 18.8 Å². The third kappa shape index (κ3) is 7.63. The van der Waals surface area contributed by atoms with Crippen molar-refractivity contribution in [2.24, 2.45) is 11.8 Å². The summed E-state index contributed by atoms with van der Waals surface area (Å²) in [5.41, 5.74) is 0. The number of aliphatic carboxylic acids is 1. The first kappa shape index (κ1) is 18.2. The lowest BCUT2D eigenvalue weighted by Gasteiger charge is -2.18. The smallest absolute Gasteiger partial charge is 0.303 e. The van der Waals surface area contributed by atoms with Gasteiger partial charge in [-0.15, -0.1) is 0 Å². The zero-order chi connectivity index (χ0) is 15.5. The molecule has 0 spiro atoms. The number of rotatable bonds is 12. The summed E-state index contributed by atoms with van der Waals surface area (Å²) >= 11 is 0. The van der Waals surface area contributed by atoms with Crippen LogP contribution in [0.5, 0.6) is 0 Å². The molecule has 0 aromatic carbocycles. The Kier molecular flexibility index (Phi) is 9.36. The molecule has 1 aliphatic rings. The van der Waals surface area contributed by atoms with Crippen LogP contribution >= 0.6 is 0 Å². The molecular formula is C18H32O3. The minimum absolute atomic E-state index is 0.302. The van der Waals surface area contributed by atoms with Crippen LogP contribution < -0.4 is 0 Å². The Balaban J connectivity index is 2.09. The fourth-order valence-electron chi connectivity index (χ4n) is 3.55. The zero-order valence-corrected chi connectivity index (χ0v) is 13.6. The maximum atomic E-state index is 12.0. The van der Waals surface area contributed by atoms with E-state index in [0.29, 0.717) is 24.0 Å². The lowest BCUT2D eigenvalue weighted by molar-refractivity contribution is -0.137. The van der Waals surface area contributed by atoms with Gasteiger partial charge in [0.05, 0.1) is 0 Å². The molecule has 0 radical (unpaired) electrons. The van der Waals surface area contributed by atoms with Crippen LogP contribution in [0, 0.1) is 11.8 Å². The highest BCUT2D eigenvalue weighted by Gasteiger charge is 2.33. The second kappa shape index (κ2) is 10.8. The Bertz CT molecular complexity index is 312. The van der Waals surface area contributed by atoms with Crippen LogP contribution in [0.25, 0.3) is 0 Å². The molecule has 1 rings (SSSR count). The molecule has 122 valence electrons. The summed E-state index contributed by atoms with van der Waals surface area (Å²) in [5.74, 6) is 0.809. The summed E-state index contributed by atoms with van der Waals surface area (Å²) in [5, 5.41) is 8.57. The average Bonchev–Trinajstić information content (AvgIpc) is 2.79. The Labute approximate surface area is 129 Å². The number of hydrogen-bond acceptors (Lipinski definition) is 2. The first-order valence-corrected chi connectivity index (χ1v) is 8.89. The highest BCUT2D eigenvalue weighted by Crippen LogP contribution is 2.36. The van der Waals surface area contributed by atoms with Crippen molar-refractivity contribution in [3.8, 4) is 0 Å². The Morgan fingerprint density at radius 1 is 1.05 bits per heavy atom. The topological polar surface area (TPSA) is 54.4 Å². The molecule has 2 atom stereocenters. The van der Waals surface area contributed by atoms with Gasteiger partial charge < -0.3 is 5.11 Å². The molecule has 0 aliphatic heterocycles. The lowest BCUT2D eigenvalue weighted by atomic mass is 9.86. The van der Waals surface area contributed by atoms with Gasteiger partial charge in [0.15, 0.2) is 0 Å². The van der Waals surface area contributed by atoms with E-state index in [1.807, 2.05) is 0 Å². The first-order valence-electron chi connectivity index (χ1n) is 8.89. The van der Waals surface area contributed by atoms with Crippen LogP contribution in [-0.4, -0.2) is 16.9 Å². The van der Waals surface area contributed by atoms with E-state index in [9.17, 15) is 9.59 Å². The maximum absolute atomic E-state index is 12.0. The first-order chi connectivity index (χ1) is 10.1. The molecule has 1 aliphatic carbocycles. The molecule has 1 saturated carbocycles. The molecule has 21 heavy (non-hydrogen) atoms. The van der Waals surface area contributed by atoms with Crippen molar-refractivity contribution >= 4 is 11.8 Å². The number of carboxylic acid groups (broad SMARTS) is 1. The highest BCUT2D eigenvalue weighted by molar-refractivity contribution is 5.83. The highest BCUT2D eigenvalue weighted by atomic mass is 16.4. The number of carbonyl (C=O) groups excluding carboxylic acids is 1. The van der Waals surface area contributed by atoms with Crippen LogP contribution in [0.15, 0.2) is 0 Å². The molecule has 0 unspecified atom stereocenters. The molecule has 3 heteroatoms. The Morgan fingerprint density at radius 3 is 2.43 bits per heavy atom. The molecule has 0 aromatic heterocycles. The van der Waals surface area contributed by atoms with E-state index in [0.717, 1.165) is 38.5 Å². The van der Waals surface area contributed by atoms with Crippen molar-refractivity contribution in [3.05, 3.63) is 0 Å². The lowest BCUT2D eigenvalue weighted by Crippen LogP contribution is -2.14. The second-order valence-corrected chi connectivity index (χ2v) is 6.57. The number of carboxylic acids is 1. The van der Waals surface area contributed by atoms with Gasteiger partial charge in [0.1, 0.15) is 5.78 Å². The monoisotopic (exact) mass is 296 g/mol.